The minimum absolute atomic E-state index is 0.0323. The number of aromatic nitrogens is 4. The Bertz CT molecular complexity index is 1650. The van der Waals surface area contributed by atoms with Gasteiger partial charge in [-0.3, -0.25) is 10.2 Å². The topological polar surface area (TPSA) is 144 Å². The Labute approximate surface area is 248 Å². The smallest absolute Gasteiger partial charge is 0.245 e. The Morgan fingerprint density at radius 2 is 1.86 bits per heavy atom. The molecule has 0 aliphatic heterocycles. The fourth-order valence-corrected chi connectivity index (χ4v) is 4.95. The van der Waals surface area contributed by atoms with E-state index in [9.17, 15) is 9.18 Å². The maximum absolute atomic E-state index is 14.4. The molecule has 1 amide bonds. The van der Waals surface area contributed by atoms with Crippen LogP contribution in [0.25, 0.3) is 11.3 Å². The van der Waals surface area contributed by atoms with Gasteiger partial charge in [0.1, 0.15) is 52.8 Å². The molecule has 4 aromatic rings. The number of likely N-dealkylation sites (N-methyl/N-ethyl adjacent to an activating group) is 1. The zero-order valence-electron chi connectivity index (χ0n) is 24.2. The first-order valence-electron chi connectivity index (χ1n) is 13.7. The number of halogens is 1. The third-order valence-electron chi connectivity index (χ3n) is 7.37. The van der Waals surface area contributed by atoms with Gasteiger partial charge >= 0.3 is 0 Å². The van der Waals surface area contributed by atoms with Crippen molar-refractivity contribution in [2.24, 2.45) is 5.73 Å². The highest BCUT2D eigenvalue weighted by molar-refractivity contribution is 6.05. The maximum atomic E-state index is 14.4. The van der Waals surface area contributed by atoms with Crippen molar-refractivity contribution in [3.63, 3.8) is 0 Å². The minimum Gasteiger partial charge on any atom is -0.489 e. The van der Waals surface area contributed by atoms with E-state index in [1.54, 1.807) is 56.5 Å². The summed E-state index contributed by atoms with van der Waals surface area (Å²) in [7, 11) is 3.53. The van der Waals surface area contributed by atoms with E-state index in [-0.39, 0.29) is 36.2 Å². The predicted octanol–water partition coefficient (Wildman–Crippen LogP) is 4.83. The molecule has 4 N–H and O–H groups in total. The first-order chi connectivity index (χ1) is 20.7. The Morgan fingerprint density at radius 3 is 2.49 bits per heavy atom. The van der Waals surface area contributed by atoms with Gasteiger partial charge in [-0.1, -0.05) is 6.58 Å². The van der Waals surface area contributed by atoms with Crippen molar-refractivity contribution in [3.05, 3.63) is 90.3 Å². The summed E-state index contributed by atoms with van der Waals surface area (Å²) in [5, 5.41) is 16.2. The van der Waals surface area contributed by atoms with Crippen molar-refractivity contribution in [2.75, 3.05) is 19.4 Å². The maximum Gasteiger partial charge on any atom is 0.245 e. The highest BCUT2D eigenvalue weighted by atomic mass is 19.1. The average molecular weight is 585 g/mol. The van der Waals surface area contributed by atoms with Crippen LogP contribution in [-0.4, -0.2) is 56.5 Å². The van der Waals surface area contributed by atoms with E-state index in [0.29, 0.717) is 47.2 Å². The van der Waals surface area contributed by atoms with E-state index in [2.05, 4.69) is 21.9 Å². The summed E-state index contributed by atoms with van der Waals surface area (Å²) >= 11 is 0. The molecule has 0 radical (unpaired) electrons. The second-order valence-electron chi connectivity index (χ2n) is 10.3. The van der Waals surface area contributed by atoms with E-state index in [1.165, 1.54) is 18.2 Å². The van der Waals surface area contributed by atoms with E-state index in [4.69, 9.17) is 25.7 Å². The summed E-state index contributed by atoms with van der Waals surface area (Å²) < 4.78 is 27.9. The lowest BCUT2D eigenvalue weighted by molar-refractivity contribution is -0.129. The van der Waals surface area contributed by atoms with Crippen molar-refractivity contribution in [1.29, 1.82) is 5.41 Å². The molecular formula is C31H33FN8O3. The number of aryl methyl sites for hydroxylation is 1. The summed E-state index contributed by atoms with van der Waals surface area (Å²) in [6.07, 6.45) is 6.06. The molecule has 2 aromatic heterocycles. The van der Waals surface area contributed by atoms with Gasteiger partial charge in [-0.2, -0.15) is 5.10 Å². The molecule has 0 bridgehead atoms. The van der Waals surface area contributed by atoms with Crippen molar-refractivity contribution in [3.8, 4) is 28.5 Å². The molecule has 43 heavy (non-hydrogen) atoms. The quantitative estimate of drug-likeness (QED) is 0.129. The summed E-state index contributed by atoms with van der Waals surface area (Å²) in [5.74, 6) is 1.60. The lowest BCUT2D eigenvalue weighted by Crippen LogP contribution is -2.46. The van der Waals surface area contributed by atoms with Gasteiger partial charge in [-0.05, 0) is 50.1 Å². The molecule has 0 saturated heterocycles. The zero-order chi connectivity index (χ0) is 30.7. The number of carbonyl (C=O) groups is 1. The number of nitrogens with one attached hydrogen (secondary N) is 2. The van der Waals surface area contributed by atoms with Crippen LogP contribution in [0, 0.1) is 18.2 Å². The Hall–Kier alpha value is -5.26. The molecule has 1 fully saturated rings. The Morgan fingerprint density at radius 1 is 1.19 bits per heavy atom. The average Bonchev–Trinajstić information content (AvgIpc) is 3.35. The monoisotopic (exact) mass is 584 g/mol. The molecule has 0 atom stereocenters. The fraction of sp³-hybridized carbons (Fsp3) is 0.258. The second-order valence-corrected chi connectivity index (χ2v) is 10.3. The molecule has 5 rings (SSSR count). The number of carbonyl (C=O) groups excluding carboxylic acids is 1. The van der Waals surface area contributed by atoms with Gasteiger partial charge in [0.2, 0.25) is 5.91 Å². The molecule has 12 heteroatoms. The number of hydrogen-bond donors (Lipinski definition) is 3. The highest BCUT2D eigenvalue weighted by Gasteiger charge is 2.37. The van der Waals surface area contributed by atoms with E-state index >= 15 is 0 Å². The third kappa shape index (κ3) is 6.32. The van der Waals surface area contributed by atoms with Crippen LogP contribution in [0.3, 0.4) is 0 Å². The van der Waals surface area contributed by atoms with E-state index < -0.39 is 5.82 Å². The molecule has 0 unspecified atom stereocenters. The van der Waals surface area contributed by atoms with Crippen LogP contribution in [0.2, 0.25) is 0 Å². The third-order valence-corrected chi connectivity index (χ3v) is 7.37. The van der Waals surface area contributed by atoms with Crippen molar-refractivity contribution >= 4 is 17.6 Å². The van der Waals surface area contributed by atoms with Crippen LogP contribution < -0.4 is 20.5 Å². The molecule has 2 heterocycles. The molecule has 1 aliphatic carbocycles. The molecule has 11 nitrogen and oxygen atoms in total. The number of nitrogens with zero attached hydrogens (tertiary/aromatic N) is 5. The number of benzene rings is 2. The summed E-state index contributed by atoms with van der Waals surface area (Å²) in [6.45, 7) is 5.54. The zero-order valence-corrected chi connectivity index (χ0v) is 24.2. The number of anilines is 1. The molecule has 222 valence electrons. The SMILES string of the molecule is C=CC(=O)N(C)C1CC(n2nc(-c3ccc(Oc4cc(F)cc(OCc5cnc(C)nc5)c4)cc3)c(C(=N)N)c2NC)C1. The number of nitrogens with two attached hydrogens (primary N) is 1. The van der Waals surface area contributed by atoms with Gasteiger partial charge in [0.25, 0.3) is 0 Å². The highest BCUT2D eigenvalue weighted by Crippen LogP contribution is 2.40. The Balaban J connectivity index is 1.32. The molecule has 2 aromatic carbocycles. The van der Waals surface area contributed by atoms with Crippen LogP contribution in [0.1, 0.15) is 35.8 Å². The van der Waals surface area contributed by atoms with Crippen LogP contribution in [0.15, 0.2) is 67.5 Å². The van der Waals surface area contributed by atoms with E-state index in [0.717, 1.165) is 11.1 Å². The fourth-order valence-electron chi connectivity index (χ4n) is 4.95. The number of ether oxygens (including phenoxy) is 2. The summed E-state index contributed by atoms with van der Waals surface area (Å²) in [4.78, 5) is 22.0. The number of hydrogen-bond acceptors (Lipinski definition) is 8. The van der Waals surface area contributed by atoms with Crippen LogP contribution >= 0.6 is 0 Å². The van der Waals surface area contributed by atoms with Crippen LogP contribution in [0.4, 0.5) is 10.2 Å². The summed E-state index contributed by atoms with van der Waals surface area (Å²) in [5.41, 5.74) is 8.53. The second kappa shape index (κ2) is 12.3. The van der Waals surface area contributed by atoms with Crippen molar-refractivity contribution < 1.29 is 18.7 Å². The normalized spacial score (nSPS) is 15.7. The molecule has 1 saturated carbocycles. The Kier molecular flexibility index (Phi) is 8.37. The number of amides is 1. The lowest BCUT2D eigenvalue weighted by Gasteiger charge is -2.41. The first-order valence-corrected chi connectivity index (χ1v) is 13.7. The van der Waals surface area contributed by atoms with Crippen molar-refractivity contribution in [1.82, 2.24) is 24.6 Å². The molecular weight excluding hydrogens is 551 g/mol. The van der Waals surface area contributed by atoms with Gasteiger partial charge < -0.3 is 25.4 Å². The lowest BCUT2D eigenvalue weighted by atomic mass is 9.85. The van der Waals surface area contributed by atoms with Gasteiger partial charge in [-0.25, -0.2) is 19.0 Å². The first kappa shape index (κ1) is 29.2. The van der Waals surface area contributed by atoms with Gasteiger partial charge in [0.05, 0.1) is 11.6 Å². The van der Waals surface area contributed by atoms with Crippen molar-refractivity contribution in [2.45, 2.75) is 38.5 Å². The summed E-state index contributed by atoms with van der Waals surface area (Å²) in [6, 6.07) is 11.4. The van der Waals surface area contributed by atoms with Gasteiger partial charge in [0, 0.05) is 61.9 Å². The largest absolute Gasteiger partial charge is 0.489 e. The van der Waals surface area contributed by atoms with Gasteiger partial charge in [0.15, 0.2) is 0 Å². The number of nitrogen functional groups attached to an aromatic ring is 1. The van der Waals surface area contributed by atoms with Crippen LogP contribution in [-0.2, 0) is 11.4 Å². The predicted molar refractivity (Wildman–Crippen MR) is 161 cm³/mol. The standard InChI is InChI=1S/C31H33FN8O3/c1-5-27(41)39(4)22-12-23(13-22)40-31(35-3)28(30(33)34)29(38-40)20-6-8-24(9-7-20)43-26-11-21(32)10-25(14-26)42-17-19-15-36-18(2)37-16-19/h5-11,14-16,22-23,35H,1,12-13,17H2,2-4H3,(H3,33,34). The van der Waals surface area contributed by atoms with E-state index in [1.807, 2.05) is 16.8 Å². The number of rotatable bonds is 11. The minimum atomic E-state index is -0.501. The van der Waals surface area contributed by atoms with Crippen LogP contribution in [0.5, 0.6) is 17.2 Å². The molecule has 0 spiro atoms. The molecule has 1 aliphatic rings. The number of amidine groups is 1. The van der Waals surface area contributed by atoms with Gasteiger partial charge in [-0.15, -0.1) is 0 Å².